The van der Waals surface area contributed by atoms with Crippen LogP contribution in [-0.2, 0) is 21.3 Å². The van der Waals surface area contributed by atoms with E-state index in [0.717, 1.165) is 6.07 Å². The van der Waals surface area contributed by atoms with Crippen LogP contribution >= 0.6 is 0 Å². The molecule has 2 aromatic carbocycles. The summed E-state index contributed by atoms with van der Waals surface area (Å²) in [5, 5.41) is 19.6. The minimum absolute atomic E-state index is 0.00603. The first-order valence-electron chi connectivity index (χ1n) is 8.63. The van der Waals surface area contributed by atoms with Crippen molar-refractivity contribution in [2.75, 3.05) is 6.61 Å². The Hall–Kier alpha value is -2.63. The summed E-state index contributed by atoms with van der Waals surface area (Å²) < 4.78 is 74.6. The predicted octanol–water partition coefficient (Wildman–Crippen LogP) is 3.07. The van der Waals surface area contributed by atoms with Crippen LogP contribution in [0.1, 0.15) is 34.8 Å². The number of aliphatic hydroxyl groups is 1. The normalized spacial score (nSPS) is 15.3. The van der Waals surface area contributed by atoms with Crippen LogP contribution in [0, 0.1) is 0 Å². The highest BCUT2D eigenvalue weighted by molar-refractivity contribution is 7.85. The van der Waals surface area contributed by atoms with Gasteiger partial charge >= 0.3 is 12.1 Å². The molecule has 3 rings (SSSR count). The fourth-order valence-electron chi connectivity index (χ4n) is 3.12. The van der Waals surface area contributed by atoms with E-state index >= 15 is 0 Å². The fraction of sp³-hybridized carbons (Fsp3) is 0.316. The van der Waals surface area contributed by atoms with Gasteiger partial charge in [-0.15, -0.1) is 0 Å². The number of halogens is 3. The maximum atomic E-state index is 12.6. The van der Waals surface area contributed by atoms with E-state index in [-0.39, 0.29) is 17.5 Å². The van der Waals surface area contributed by atoms with Gasteiger partial charge in [0.2, 0.25) is 0 Å². The van der Waals surface area contributed by atoms with Crippen molar-refractivity contribution in [2.45, 2.75) is 36.4 Å². The van der Waals surface area contributed by atoms with Crippen molar-refractivity contribution in [2.24, 2.45) is 0 Å². The van der Waals surface area contributed by atoms with Crippen molar-refractivity contribution >= 4 is 16.1 Å². The van der Waals surface area contributed by atoms with Gasteiger partial charge in [-0.3, -0.25) is 4.55 Å². The van der Waals surface area contributed by atoms with Gasteiger partial charge < -0.3 is 14.9 Å². The Kier molecular flexibility index (Phi) is 5.34. The lowest BCUT2D eigenvalue weighted by Crippen LogP contribution is -2.43. The number of rotatable bonds is 5. The molecule has 0 fully saturated rings. The summed E-state index contributed by atoms with van der Waals surface area (Å²) in [4.78, 5) is 11.7. The molecule has 1 aliphatic carbocycles. The fourth-order valence-corrected chi connectivity index (χ4v) is 3.67. The van der Waals surface area contributed by atoms with Crippen LogP contribution in [0.25, 0.3) is 11.1 Å². The van der Waals surface area contributed by atoms with Crippen molar-refractivity contribution < 1.29 is 45.9 Å². The maximum absolute atomic E-state index is 12.6. The quantitative estimate of drug-likeness (QED) is 0.407. The molecule has 0 aromatic heterocycles. The molecule has 0 saturated heterocycles. The van der Waals surface area contributed by atoms with E-state index in [1.807, 2.05) is 0 Å². The van der Waals surface area contributed by atoms with Crippen molar-refractivity contribution in [3.05, 3.63) is 47.0 Å². The summed E-state index contributed by atoms with van der Waals surface area (Å²) in [6.45, 7) is -0.0846. The molecule has 0 aliphatic heterocycles. The first kappa shape index (κ1) is 22.1. The number of esters is 1. The Bertz CT molecular complexity index is 1120. The van der Waals surface area contributed by atoms with Crippen LogP contribution < -0.4 is 0 Å². The van der Waals surface area contributed by atoms with Crippen LogP contribution in [0.2, 0.25) is 0 Å². The highest BCUT2D eigenvalue weighted by Gasteiger charge is 2.49. The molecule has 1 atom stereocenters. The number of aromatic hydroxyl groups is 1. The van der Waals surface area contributed by atoms with Gasteiger partial charge in [0, 0.05) is 18.1 Å². The standard InChI is InChI=1S/C19H17F3O7S/c1-18(25,19(20,21)22)4-5-29-17(24)11-3-2-10-6-12-7-13(30(26,27)28)9-15(23)16(12)14(10)8-11/h2-3,7-9,23,25H,4-6H2,1H3,(H,26,27,28). The summed E-state index contributed by atoms with van der Waals surface area (Å²) in [7, 11) is -4.52. The number of hydrogen-bond acceptors (Lipinski definition) is 6. The maximum Gasteiger partial charge on any atom is 0.417 e. The zero-order valence-electron chi connectivity index (χ0n) is 15.5. The highest BCUT2D eigenvalue weighted by atomic mass is 32.2. The van der Waals surface area contributed by atoms with Crippen molar-refractivity contribution in [3.8, 4) is 16.9 Å². The van der Waals surface area contributed by atoms with Crippen molar-refractivity contribution in [1.29, 1.82) is 0 Å². The van der Waals surface area contributed by atoms with E-state index in [0.29, 0.717) is 23.6 Å². The van der Waals surface area contributed by atoms with Gasteiger partial charge in [0.15, 0.2) is 5.60 Å². The summed E-state index contributed by atoms with van der Waals surface area (Å²) in [5.41, 5.74) is -1.19. The Morgan fingerprint density at radius 1 is 1.17 bits per heavy atom. The molecule has 162 valence electrons. The van der Waals surface area contributed by atoms with Crippen LogP contribution in [0.15, 0.2) is 35.2 Å². The van der Waals surface area contributed by atoms with Crippen LogP contribution in [0.4, 0.5) is 13.2 Å². The molecule has 3 N–H and O–H groups in total. The number of benzene rings is 2. The van der Waals surface area contributed by atoms with E-state index in [2.05, 4.69) is 0 Å². The Morgan fingerprint density at radius 2 is 1.83 bits per heavy atom. The molecule has 0 amide bonds. The second-order valence-corrected chi connectivity index (χ2v) is 8.58. The number of phenols is 1. The molecule has 11 heteroatoms. The molecule has 0 spiro atoms. The van der Waals surface area contributed by atoms with E-state index in [4.69, 9.17) is 4.74 Å². The summed E-state index contributed by atoms with van der Waals surface area (Å²) in [5.74, 6) is -1.33. The summed E-state index contributed by atoms with van der Waals surface area (Å²) in [6, 6.07) is 6.40. The Labute approximate surface area is 169 Å². The monoisotopic (exact) mass is 446 g/mol. The van der Waals surface area contributed by atoms with E-state index in [1.54, 1.807) is 6.07 Å². The average Bonchev–Trinajstić information content (AvgIpc) is 2.97. The molecule has 0 bridgehead atoms. The Morgan fingerprint density at radius 3 is 2.43 bits per heavy atom. The van der Waals surface area contributed by atoms with Gasteiger partial charge in [-0.2, -0.15) is 21.6 Å². The first-order valence-corrected chi connectivity index (χ1v) is 10.1. The lowest BCUT2D eigenvalue weighted by molar-refractivity contribution is -0.256. The number of carbonyl (C=O) groups excluding carboxylic acids is 1. The second-order valence-electron chi connectivity index (χ2n) is 7.16. The summed E-state index contributed by atoms with van der Waals surface area (Å²) in [6.07, 6.45) is -5.46. The smallest absolute Gasteiger partial charge is 0.417 e. The number of alkyl halides is 3. The molecule has 0 radical (unpaired) electrons. The van der Waals surface area contributed by atoms with Crippen molar-refractivity contribution in [3.63, 3.8) is 0 Å². The van der Waals surface area contributed by atoms with Crippen LogP contribution in [-0.4, -0.2) is 47.5 Å². The third-order valence-corrected chi connectivity index (χ3v) is 5.73. The van der Waals surface area contributed by atoms with Gasteiger partial charge in [-0.05, 0) is 48.2 Å². The van der Waals surface area contributed by atoms with E-state index in [1.165, 1.54) is 18.2 Å². The minimum Gasteiger partial charge on any atom is -0.507 e. The van der Waals surface area contributed by atoms with Gasteiger partial charge in [0.1, 0.15) is 5.75 Å². The van der Waals surface area contributed by atoms with E-state index < -0.39 is 51.5 Å². The molecule has 2 aromatic rings. The van der Waals surface area contributed by atoms with Gasteiger partial charge in [-0.1, -0.05) is 6.07 Å². The van der Waals surface area contributed by atoms with Crippen LogP contribution in [0.3, 0.4) is 0 Å². The molecular formula is C19H17F3O7S. The lowest BCUT2D eigenvalue weighted by atomic mass is 10.0. The number of phenolic OH excluding ortho intramolecular Hbond substituents is 1. The van der Waals surface area contributed by atoms with Gasteiger partial charge in [-0.25, -0.2) is 4.79 Å². The number of hydrogen-bond donors (Lipinski definition) is 3. The molecule has 0 heterocycles. The largest absolute Gasteiger partial charge is 0.507 e. The van der Waals surface area contributed by atoms with Crippen molar-refractivity contribution in [1.82, 2.24) is 0 Å². The van der Waals surface area contributed by atoms with Gasteiger partial charge in [0.05, 0.1) is 17.1 Å². The molecular weight excluding hydrogens is 429 g/mol. The number of fused-ring (bicyclic) bond motifs is 3. The number of carbonyl (C=O) groups is 1. The molecule has 1 unspecified atom stereocenters. The SMILES string of the molecule is CC(O)(CCOC(=O)c1ccc2c(c1)-c1c(O)cc(S(=O)(=O)O)cc1C2)C(F)(F)F. The third kappa shape index (κ3) is 4.13. The average molecular weight is 446 g/mol. The molecule has 1 aliphatic rings. The van der Waals surface area contributed by atoms with Crippen LogP contribution in [0.5, 0.6) is 5.75 Å². The zero-order chi connectivity index (χ0) is 22.5. The highest BCUT2D eigenvalue weighted by Crippen LogP contribution is 2.44. The van der Waals surface area contributed by atoms with E-state index in [9.17, 15) is 41.1 Å². The molecule has 7 nitrogen and oxygen atoms in total. The molecule has 30 heavy (non-hydrogen) atoms. The topological polar surface area (TPSA) is 121 Å². The second kappa shape index (κ2) is 7.25. The lowest BCUT2D eigenvalue weighted by Gasteiger charge is -2.25. The minimum atomic E-state index is -4.87. The Balaban J connectivity index is 1.82. The zero-order valence-corrected chi connectivity index (χ0v) is 16.3. The number of ether oxygens (including phenoxy) is 1. The third-order valence-electron chi connectivity index (χ3n) is 4.90. The first-order chi connectivity index (χ1) is 13.7. The molecule has 0 saturated carbocycles. The predicted molar refractivity (Wildman–Crippen MR) is 97.7 cm³/mol. The summed E-state index contributed by atoms with van der Waals surface area (Å²) >= 11 is 0. The van der Waals surface area contributed by atoms with Gasteiger partial charge in [0.25, 0.3) is 10.1 Å².